The summed E-state index contributed by atoms with van der Waals surface area (Å²) in [6, 6.07) is 5.63. The molecule has 7 nitrogen and oxygen atoms in total. The molecular formula is C19H23N3O4. The number of aryl methyl sites for hydroxylation is 2. The van der Waals surface area contributed by atoms with Crippen LogP contribution in [0.5, 0.6) is 5.88 Å². The van der Waals surface area contributed by atoms with Crippen molar-refractivity contribution in [3.63, 3.8) is 0 Å². The highest BCUT2D eigenvalue weighted by molar-refractivity contribution is 5.96. The summed E-state index contributed by atoms with van der Waals surface area (Å²) in [5, 5.41) is 3.88. The van der Waals surface area contributed by atoms with Gasteiger partial charge in [-0.3, -0.25) is 4.79 Å². The van der Waals surface area contributed by atoms with Crippen LogP contribution in [0.15, 0.2) is 28.9 Å². The van der Waals surface area contributed by atoms with Crippen LogP contribution < -0.4 is 4.74 Å². The summed E-state index contributed by atoms with van der Waals surface area (Å²) in [7, 11) is 0. The highest BCUT2D eigenvalue weighted by atomic mass is 16.5. The van der Waals surface area contributed by atoms with Gasteiger partial charge in [0.2, 0.25) is 5.88 Å². The van der Waals surface area contributed by atoms with E-state index in [4.69, 9.17) is 14.0 Å². The largest absolute Gasteiger partial charge is 0.478 e. The molecule has 4 rings (SSSR count). The second-order valence-corrected chi connectivity index (χ2v) is 7.06. The van der Waals surface area contributed by atoms with E-state index in [1.165, 1.54) is 0 Å². The van der Waals surface area contributed by atoms with E-state index >= 15 is 0 Å². The molecular weight excluding hydrogens is 334 g/mol. The third-order valence-corrected chi connectivity index (χ3v) is 5.41. The number of hydrogen-bond acceptors (Lipinski definition) is 6. The normalized spacial score (nSPS) is 21.0. The van der Waals surface area contributed by atoms with E-state index in [-0.39, 0.29) is 11.5 Å². The molecule has 0 N–H and O–H groups in total. The van der Waals surface area contributed by atoms with Crippen molar-refractivity contribution >= 4 is 5.91 Å². The summed E-state index contributed by atoms with van der Waals surface area (Å²) >= 11 is 0. The third kappa shape index (κ3) is 2.96. The number of hydrogen-bond donors (Lipinski definition) is 0. The van der Waals surface area contributed by atoms with Crippen molar-refractivity contribution in [1.29, 1.82) is 0 Å². The first kappa shape index (κ1) is 17.0. The highest BCUT2D eigenvalue weighted by Gasteiger charge is 2.54. The fraction of sp³-hybridized carbons (Fsp3) is 0.526. The summed E-state index contributed by atoms with van der Waals surface area (Å²) in [5.41, 5.74) is 0.983. The minimum atomic E-state index is -0.234. The molecule has 2 fully saturated rings. The van der Waals surface area contributed by atoms with Crippen LogP contribution in [0.3, 0.4) is 0 Å². The van der Waals surface area contributed by atoms with E-state index in [0.29, 0.717) is 48.5 Å². The van der Waals surface area contributed by atoms with Gasteiger partial charge >= 0.3 is 0 Å². The van der Waals surface area contributed by atoms with E-state index in [0.717, 1.165) is 19.4 Å². The molecule has 26 heavy (non-hydrogen) atoms. The summed E-state index contributed by atoms with van der Waals surface area (Å²) < 4.78 is 16.9. The molecule has 0 aromatic carbocycles. The second-order valence-electron chi connectivity index (χ2n) is 7.06. The number of pyridine rings is 1. The quantitative estimate of drug-likeness (QED) is 0.818. The van der Waals surface area contributed by atoms with Crippen molar-refractivity contribution in [3.05, 3.63) is 41.4 Å². The van der Waals surface area contributed by atoms with Crippen LogP contribution in [-0.4, -0.2) is 52.9 Å². The zero-order valence-electron chi connectivity index (χ0n) is 15.1. The number of rotatable bonds is 5. The minimum absolute atomic E-state index is 0.0224. The maximum absolute atomic E-state index is 12.7. The van der Waals surface area contributed by atoms with Gasteiger partial charge in [-0.25, -0.2) is 4.98 Å². The maximum atomic E-state index is 12.7. The van der Waals surface area contributed by atoms with Crippen molar-refractivity contribution in [3.8, 4) is 5.88 Å². The first-order valence-electron chi connectivity index (χ1n) is 8.99. The number of carbonyl (C=O) groups excluding carboxylic acids is 1. The van der Waals surface area contributed by atoms with Crippen molar-refractivity contribution in [1.82, 2.24) is 15.0 Å². The molecule has 2 saturated heterocycles. The molecule has 138 valence electrons. The van der Waals surface area contributed by atoms with Crippen molar-refractivity contribution < 1.29 is 18.8 Å². The zero-order valence-corrected chi connectivity index (χ0v) is 15.1. The Morgan fingerprint density at radius 3 is 2.92 bits per heavy atom. The SMILES string of the molecule is Cc1noc(C)c1C(=O)N1CC2(C1)OCCC2CCOc1ccccn1. The van der Waals surface area contributed by atoms with Crippen LogP contribution in [0.25, 0.3) is 0 Å². The Kier molecular flexibility index (Phi) is 4.40. The number of amides is 1. The Hall–Kier alpha value is -2.41. The molecule has 2 aliphatic heterocycles. The van der Waals surface area contributed by atoms with Gasteiger partial charge in [-0.1, -0.05) is 11.2 Å². The van der Waals surface area contributed by atoms with Crippen molar-refractivity contribution in [2.24, 2.45) is 5.92 Å². The molecule has 0 aliphatic carbocycles. The first-order valence-corrected chi connectivity index (χ1v) is 8.99. The molecule has 2 aromatic rings. The van der Waals surface area contributed by atoms with E-state index < -0.39 is 0 Å². The number of carbonyl (C=O) groups is 1. The predicted molar refractivity (Wildman–Crippen MR) is 93.0 cm³/mol. The van der Waals surface area contributed by atoms with E-state index in [2.05, 4.69) is 10.1 Å². The van der Waals surface area contributed by atoms with E-state index in [1.807, 2.05) is 23.1 Å². The average molecular weight is 357 g/mol. The molecule has 1 atom stereocenters. The molecule has 7 heteroatoms. The third-order valence-electron chi connectivity index (χ3n) is 5.41. The fourth-order valence-electron chi connectivity index (χ4n) is 3.97. The lowest BCUT2D eigenvalue weighted by molar-refractivity contribution is -0.119. The van der Waals surface area contributed by atoms with Gasteiger partial charge in [-0.15, -0.1) is 0 Å². The lowest BCUT2D eigenvalue weighted by Gasteiger charge is -2.50. The van der Waals surface area contributed by atoms with E-state index in [9.17, 15) is 4.79 Å². The Bertz CT molecular complexity index is 764. The molecule has 2 aliphatic rings. The predicted octanol–water partition coefficient (Wildman–Crippen LogP) is 2.39. The first-order chi connectivity index (χ1) is 12.6. The molecule has 4 heterocycles. The van der Waals surface area contributed by atoms with Gasteiger partial charge in [0.25, 0.3) is 5.91 Å². The highest BCUT2D eigenvalue weighted by Crippen LogP contribution is 2.42. The lowest BCUT2D eigenvalue weighted by atomic mass is 9.79. The Morgan fingerprint density at radius 2 is 2.23 bits per heavy atom. The number of ether oxygens (including phenoxy) is 2. The Labute approximate surface area is 152 Å². The van der Waals surface area contributed by atoms with Gasteiger partial charge in [0, 0.05) is 18.9 Å². The van der Waals surface area contributed by atoms with Gasteiger partial charge in [-0.2, -0.15) is 0 Å². The number of likely N-dealkylation sites (tertiary alicyclic amines) is 1. The molecule has 1 unspecified atom stereocenters. The van der Waals surface area contributed by atoms with Crippen molar-refractivity contribution in [2.75, 3.05) is 26.3 Å². The smallest absolute Gasteiger partial charge is 0.259 e. The summed E-state index contributed by atoms with van der Waals surface area (Å²) in [6.07, 6.45) is 3.61. The molecule has 0 bridgehead atoms. The second kappa shape index (κ2) is 6.72. The van der Waals surface area contributed by atoms with E-state index in [1.54, 1.807) is 20.0 Å². The van der Waals surface area contributed by atoms with Crippen LogP contribution in [-0.2, 0) is 4.74 Å². The van der Waals surface area contributed by atoms with Crippen LogP contribution >= 0.6 is 0 Å². The molecule has 1 spiro atoms. The lowest BCUT2D eigenvalue weighted by Crippen LogP contribution is -2.66. The van der Waals surface area contributed by atoms with Crippen LogP contribution in [0.1, 0.15) is 34.7 Å². The van der Waals surface area contributed by atoms with Crippen molar-refractivity contribution in [2.45, 2.75) is 32.3 Å². The topological polar surface area (TPSA) is 77.7 Å². The molecule has 0 radical (unpaired) electrons. The molecule has 0 saturated carbocycles. The Balaban J connectivity index is 1.34. The maximum Gasteiger partial charge on any atom is 0.259 e. The van der Waals surface area contributed by atoms with Crippen LogP contribution in [0, 0.1) is 19.8 Å². The monoisotopic (exact) mass is 357 g/mol. The summed E-state index contributed by atoms with van der Waals surface area (Å²) in [5.74, 6) is 1.58. The summed E-state index contributed by atoms with van der Waals surface area (Å²) in [6.45, 7) is 6.14. The summed E-state index contributed by atoms with van der Waals surface area (Å²) in [4.78, 5) is 18.7. The van der Waals surface area contributed by atoms with Gasteiger partial charge in [-0.05, 0) is 38.7 Å². The average Bonchev–Trinajstić information content (AvgIpc) is 3.17. The number of aromatic nitrogens is 2. The van der Waals surface area contributed by atoms with Gasteiger partial charge in [0.15, 0.2) is 0 Å². The van der Waals surface area contributed by atoms with Gasteiger partial charge in [0.05, 0.1) is 25.4 Å². The minimum Gasteiger partial charge on any atom is -0.478 e. The Morgan fingerprint density at radius 1 is 1.38 bits per heavy atom. The standard InChI is InChI=1S/C19H23N3O4/c1-13-17(14(2)26-21-13)18(23)22-11-19(12-22)15(7-10-25-19)6-9-24-16-5-3-4-8-20-16/h3-5,8,15H,6-7,9-12H2,1-2H3. The zero-order chi connectivity index (χ0) is 18.1. The molecule has 2 aromatic heterocycles. The molecule has 1 amide bonds. The van der Waals surface area contributed by atoms with Crippen LogP contribution in [0.2, 0.25) is 0 Å². The number of nitrogens with zero attached hydrogens (tertiary/aromatic N) is 3. The van der Waals surface area contributed by atoms with Gasteiger partial charge < -0.3 is 18.9 Å². The van der Waals surface area contributed by atoms with Gasteiger partial charge in [0.1, 0.15) is 16.9 Å². The van der Waals surface area contributed by atoms with Crippen LogP contribution in [0.4, 0.5) is 0 Å². The fourth-order valence-corrected chi connectivity index (χ4v) is 3.97.